The fourth-order valence-electron chi connectivity index (χ4n) is 1.75. The van der Waals surface area contributed by atoms with Crippen LogP contribution in [0.4, 0.5) is 0 Å². The number of rotatable bonds is 4. The second-order valence-electron chi connectivity index (χ2n) is 4.50. The molecule has 0 heterocycles. The van der Waals surface area contributed by atoms with Crippen molar-refractivity contribution >= 4 is 43.5 Å². The van der Waals surface area contributed by atoms with Gasteiger partial charge < -0.3 is 15.2 Å². The second-order valence-corrected chi connectivity index (χ2v) is 6.61. The number of benzene rings is 2. The summed E-state index contributed by atoms with van der Waals surface area (Å²) in [4.78, 5) is 0. The van der Waals surface area contributed by atoms with E-state index in [1.165, 1.54) is 0 Å². The maximum absolute atomic E-state index is 6.24. The van der Waals surface area contributed by atoms with E-state index in [-0.39, 0.29) is 6.04 Å². The van der Waals surface area contributed by atoms with E-state index in [9.17, 15) is 0 Å². The van der Waals surface area contributed by atoms with Crippen LogP contribution in [0.25, 0.3) is 0 Å². The minimum absolute atomic E-state index is 0.0709. The van der Waals surface area contributed by atoms with Crippen molar-refractivity contribution in [1.82, 2.24) is 0 Å². The summed E-state index contributed by atoms with van der Waals surface area (Å²) in [5, 5.41) is 0.517. The molecule has 0 aliphatic heterocycles. The molecule has 0 fully saturated rings. The lowest BCUT2D eigenvalue weighted by atomic mass is 10.1. The quantitative estimate of drug-likeness (QED) is 0.671. The predicted molar refractivity (Wildman–Crippen MR) is 92.5 cm³/mol. The average molecular weight is 436 g/mol. The zero-order valence-electron chi connectivity index (χ0n) is 11.5. The Balaban J connectivity index is 2.32. The van der Waals surface area contributed by atoms with E-state index in [0.29, 0.717) is 22.3 Å². The third-order valence-electron chi connectivity index (χ3n) is 2.91. The Hall–Kier alpha value is -0.750. The van der Waals surface area contributed by atoms with E-state index in [1.54, 1.807) is 7.11 Å². The van der Waals surface area contributed by atoms with Gasteiger partial charge in [0.2, 0.25) is 0 Å². The number of hydrogen-bond acceptors (Lipinski definition) is 3. The zero-order valence-corrected chi connectivity index (χ0v) is 15.4. The van der Waals surface area contributed by atoms with Crippen molar-refractivity contribution < 1.29 is 9.47 Å². The summed E-state index contributed by atoms with van der Waals surface area (Å²) in [6.45, 7) is 1.91. The van der Waals surface area contributed by atoms with Gasteiger partial charge in [0.25, 0.3) is 0 Å². The molecule has 1 atom stereocenters. The van der Waals surface area contributed by atoms with Crippen LogP contribution in [0.3, 0.4) is 0 Å². The van der Waals surface area contributed by atoms with Gasteiger partial charge in [-0.15, -0.1) is 0 Å². The first-order valence-electron chi connectivity index (χ1n) is 6.18. The van der Waals surface area contributed by atoms with Crippen LogP contribution in [-0.2, 0) is 0 Å². The molecular weight excluding hydrogens is 421 g/mol. The summed E-state index contributed by atoms with van der Waals surface area (Å²) >= 11 is 13.1. The Morgan fingerprint density at radius 2 is 1.67 bits per heavy atom. The third kappa shape index (κ3) is 3.92. The molecule has 0 aromatic heterocycles. The molecule has 2 N–H and O–H groups in total. The van der Waals surface area contributed by atoms with Gasteiger partial charge in [-0.05, 0) is 68.6 Å². The van der Waals surface area contributed by atoms with Crippen LogP contribution in [0.15, 0.2) is 39.3 Å². The number of ether oxygens (including phenoxy) is 2. The van der Waals surface area contributed by atoms with Crippen LogP contribution in [0, 0.1) is 0 Å². The first-order valence-corrected chi connectivity index (χ1v) is 8.14. The van der Waals surface area contributed by atoms with Crippen molar-refractivity contribution in [1.29, 1.82) is 0 Å². The van der Waals surface area contributed by atoms with Gasteiger partial charge in [0.15, 0.2) is 0 Å². The molecule has 0 amide bonds. The number of methoxy groups -OCH3 is 1. The molecule has 0 spiro atoms. The Morgan fingerprint density at radius 1 is 1.05 bits per heavy atom. The highest BCUT2D eigenvalue weighted by molar-refractivity contribution is 9.11. The Morgan fingerprint density at radius 3 is 2.24 bits per heavy atom. The Kier molecular flexibility index (Phi) is 5.54. The molecule has 3 nitrogen and oxygen atoms in total. The van der Waals surface area contributed by atoms with Crippen LogP contribution >= 0.6 is 43.5 Å². The first-order chi connectivity index (χ1) is 9.92. The lowest BCUT2D eigenvalue weighted by molar-refractivity contribution is 0.409. The molecule has 0 saturated heterocycles. The lowest BCUT2D eigenvalue weighted by Crippen LogP contribution is -2.04. The van der Waals surface area contributed by atoms with Crippen LogP contribution in [0.1, 0.15) is 18.5 Å². The van der Waals surface area contributed by atoms with E-state index in [0.717, 1.165) is 14.5 Å². The number of hydrogen-bond donors (Lipinski definition) is 1. The van der Waals surface area contributed by atoms with Crippen LogP contribution in [0.2, 0.25) is 5.02 Å². The van der Waals surface area contributed by atoms with Crippen LogP contribution in [-0.4, -0.2) is 7.11 Å². The SMILES string of the molecule is COc1cc(Br)c(Oc2ccc([C@H](C)N)cc2Cl)cc1Br. The standard InChI is InChI=1S/C15H14Br2ClNO2/c1-8(19)9-3-4-13(12(18)5-9)21-15-7-10(16)14(20-2)6-11(15)17/h3-8H,19H2,1-2H3/t8-/m0/s1. The maximum atomic E-state index is 6.24. The smallest absolute Gasteiger partial charge is 0.146 e. The summed E-state index contributed by atoms with van der Waals surface area (Å²) in [7, 11) is 1.61. The molecule has 112 valence electrons. The van der Waals surface area contributed by atoms with Crippen molar-refractivity contribution in [3.8, 4) is 17.2 Å². The van der Waals surface area contributed by atoms with E-state index in [2.05, 4.69) is 31.9 Å². The molecule has 2 aromatic rings. The summed E-state index contributed by atoms with van der Waals surface area (Å²) in [6.07, 6.45) is 0. The molecule has 0 saturated carbocycles. The van der Waals surface area contributed by atoms with Gasteiger partial charge in [-0.1, -0.05) is 17.7 Å². The number of halogens is 3. The van der Waals surface area contributed by atoms with Gasteiger partial charge in [-0.25, -0.2) is 0 Å². The van der Waals surface area contributed by atoms with Gasteiger partial charge in [-0.3, -0.25) is 0 Å². The van der Waals surface area contributed by atoms with Gasteiger partial charge in [0.05, 0.1) is 21.1 Å². The Labute approximate surface area is 145 Å². The summed E-state index contributed by atoms with van der Waals surface area (Å²) in [5.41, 5.74) is 6.79. The summed E-state index contributed by atoms with van der Waals surface area (Å²) in [5.74, 6) is 1.92. The van der Waals surface area contributed by atoms with E-state index in [4.69, 9.17) is 26.8 Å². The minimum atomic E-state index is -0.0709. The molecule has 2 aromatic carbocycles. The Bertz CT molecular complexity index is 662. The van der Waals surface area contributed by atoms with Gasteiger partial charge >= 0.3 is 0 Å². The molecule has 0 aliphatic carbocycles. The third-order valence-corrected chi connectivity index (χ3v) is 4.44. The normalized spacial score (nSPS) is 12.1. The molecule has 0 radical (unpaired) electrons. The fourth-order valence-corrected chi connectivity index (χ4v) is 2.86. The lowest BCUT2D eigenvalue weighted by Gasteiger charge is -2.13. The second kappa shape index (κ2) is 7.01. The van der Waals surface area contributed by atoms with Crippen molar-refractivity contribution in [2.24, 2.45) is 5.73 Å². The van der Waals surface area contributed by atoms with Crippen molar-refractivity contribution in [2.45, 2.75) is 13.0 Å². The predicted octanol–water partition coefficient (Wildman–Crippen LogP) is 5.69. The topological polar surface area (TPSA) is 44.5 Å². The van der Waals surface area contributed by atoms with E-state index in [1.807, 2.05) is 37.3 Å². The monoisotopic (exact) mass is 433 g/mol. The highest BCUT2D eigenvalue weighted by Gasteiger charge is 2.12. The van der Waals surface area contributed by atoms with E-state index >= 15 is 0 Å². The largest absolute Gasteiger partial charge is 0.496 e. The molecule has 21 heavy (non-hydrogen) atoms. The number of nitrogens with two attached hydrogens (primary N) is 1. The van der Waals surface area contributed by atoms with Crippen molar-refractivity contribution in [3.05, 3.63) is 49.9 Å². The van der Waals surface area contributed by atoms with E-state index < -0.39 is 0 Å². The van der Waals surface area contributed by atoms with Gasteiger partial charge in [-0.2, -0.15) is 0 Å². The molecule has 0 aliphatic rings. The maximum Gasteiger partial charge on any atom is 0.146 e. The molecule has 6 heteroatoms. The molecule has 0 bridgehead atoms. The molecule has 0 unspecified atom stereocenters. The van der Waals surface area contributed by atoms with Crippen molar-refractivity contribution in [2.75, 3.05) is 7.11 Å². The van der Waals surface area contributed by atoms with Crippen molar-refractivity contribution in [3.63, 3.8) is 0 Å². The minimum Gasteiger partial charge on any atom is -0.496 e. The first kappa shape index (κ1) is 16.6. The van der Waals surface area contributed by atoms with Gasteiger partial charge in [0.1, 0.15) is 17.2 Å². The van der Waals surface area contributed by atoms with Gasteiger partial charge in [0, 0.05) is 6.04 Å². The average Bonchev–Trinajstić information content (AvgIpc) is 2.44. The molecule has 2 rings (SSSR count). The van der Waals surface area contributed by atoms with Crippen LogP contribution in [0.5, 0.6) is 17.2 Å². The molecular formula is C15H14Br2ClNO2. The summed E-state index contributed by atoms with van der Waals surface area (Å²) < 4.78 is 12.6. The highest BCUT2D eigenvalue weighted by Crippen LogP contribution is 2.40. The summed E-state index contributed by atoms with van der Waals surface area (Å²) in [6, 6.07) is 9.10. The zero-order chi connectivity index (χ0) is 15.6. The van der Waals surface area contributed by atoms with Crippen LogP contribution < -0.4 is 15.2 Å². The highest BCUT2D eigenvalue weighted by atomic mass is 79.9. The fraction of sp³-hybridized carbons (Fsp3) is 0.200.